The van der Waals surface area contributed by atoms with E-state index in [0.29, 0.717) is 18.9 Å². The molecule has 36 heavy (non-hydrogen) atoms. The van der Waals surface area contributed by atoms with Gasteiger partial charge in [0, 0.05) is 30.4 Å². The first kappa shape index (κ1) is 27.4. The molecule has 0 spiro atoms. The summed E-state index contributed by atoms with van der Waals surface area (Å²) in [5.41, 5.74) is 7.67. The highest BCUT2D eigenvalue weighted by atomic mass is 28.4. The number of aromatic nitrogens is 3. The molecule has 0 unspecified atom stereocenters. The number of hydrogen-bond donors (Lipinski definition) is 1. The number of benzene rings is 1. The fraction of sp³-hybridized carbons (Fsp3) is 0.444. The molecule has 8 nitrogen and oxygen atoms in total. The van der Waals surface area contributed by atoms with Gasteiger partial charge < -0.3 is 24.2 Å². The fourth-order valence-corrected chi connectivity index (χ4v) is 5.17. The number of imidazole rings is 1. The molecule has 1 amide bonds. The van der Waals surface area contributed by atoms with Crippen molar-refractivity contribution >= 4 is 14.2 Å². The smallest absolute Gasteiger partial charge is 0.268 e. The number of pyridine rings is 1. The molecule has 0 aliphatic heterocycles. The quantitative estimate of drug-likeness (QED) is 0.343. The number of hydrogen-bond acceptors (Lipinski definition) is 6. The summed E-state index contributed by atoms with van der Waals surface area (Å²) in [7, 11) is -0.417. The Balaban J connectivity index is 1.74. The number of nitrogens with two attached hydrogens (primary N) is 1. The maximum absolute atomic E-state index is 11.6. The van der Waals surface area contributed by atoms with Crippen LogP contribution in [-0.4, -0.2) is 48.6 Å². The molecule has 0 aliphatic carbocycles. The van der Waals surface area contributed by atoms with Crippen molar-refractivity contribution in [3.63, 3.8) is 0 Å². The normalized spacial score (nSPS) is 13.8. The zero-order valence-corrected chi connectivity index (χ0v) is 23.3. The van der Waals surface area contributed by atoms with E-state index in [4.69, 9.17) is 19.6 Å². The highest BCUT2D eigenvalue weighted by Crippen LogP contribution is 2.39. The third-order valence-corrected chi connectivity index (χ3v) is 11.4. The summed E-state index contributed by atoms with van der Waals surface area (Å²) in [4.78, 5) is 20.1. The largest absolute Gasteiger partial charge is 0.493 e. The molecule has 0 saturated carbocycles. The minimum absolute atomic E-state index is 0.0753. The first-order valence-electron chi connectivity index (χ1n) is 12.2. The van der Waals surface area contributed by atoms with E-state index in [1.165, 1.54) is 0 Å². The highest BCUT2D eigenvalue weighted by molar-refractivity contribution is 6.74. The molecular weight excluding hydrogens is 472 g/mol. The standard InChI is InChI=1S/C27H38N4O4Si/c1-19(35-36(6,7)27(2,3)4)24(31-17-23(26(28)32)30-18-31)13-14-34-22-10-8-9-20(15-22)21-11-12-25(33-5)29-16-21/h8-12,15-19,24H,13-14H2,1-7H3,(H2,28,32)/t19-,24+/m0/s1. The van der Waals surface area contributed by atoms with Gasteiger partial charge in [0.25, 0.3) is 5.91 Å². The van der Waals surface area contributed by atoms with E-state index < -0.39 is 14.2 Å². The minimum atomic E-state index is -2.01. The Bertz CT molecular complexity index is 1160. The lowest BCUT2D eigenvalue weighted by molar-refractivity contribution is 0.0994. The number of carbonyl (C=O) groups excluding carboxylic acids is 1. The van der Waals surface area contributed by atoms with E-state index in [9.17, 15) is 4.79 Å². The molecule has 2 atom stereocenters. The van der Waals surface area contributed by atoms with Crippen molar-refractivity contribution in [1.82, 2.24) is 14.5 Å². The summed E-state index contributed by atoms with van der Waals surface area (Å²) in [6, 6.07) is 11.6. The maximum atomic E-state index is 11.6. The molecule has 2 N–H and O–H groups in total. The SMILES string of the molecule is COc1ccc(-c2cccc(OCC[C@H]([C@H](C)O[Si](C)(C)C(C)(C)C)n3cnc(C(N)=O)c3)c2)cn1. The highest BCUT2D eigenvalue weighted by Gasteiger charge is 2.40. The van der Waals surface area contributed by atoms with Crippen LogP contribution in [0.1, 0.15) is 50.6 Å². The number of amides is 1. The van der Waals surface area contributed by atoms with E-state index in [0.717, 1.165) is 16.9 Å². The molecule has 0 fully saturated rings. The lowest BCUT2D eigenvalue weighted by atomic mass is 10.1. The Labute approximate surface area is 214 Å². The van der Waals surface area contributed by atoms with Gasteiger partial charge in [0.2, 0.25) is 5.88 Å². The van der Waals surface area contributed by atoms with E-state index >= 15 is 0 Å². The van der Waals surface area contributed by atoms with Crippen LogP contribution < -0.4 is 15.2 Å². The molecular formula is C27H38N4O4Si. The summed E-state index contributed by atoms with van der Waals surface area (Å²) >= 11 is 0. The van der Waals surface area contributed by atoms with Gasteiger partial charge in [-0.2, -0.15) is 0 Å². The van der Waals surface area contributed by atoms with Crippen molar-refractivity contribution in [2.45, 2.75) is 64.4 Å². The summed E-state index contributed by atoms with van der Waals surface area (Å²) in [5.74, 6) is 0.792. The van der Waals surface area contributed by atoms with Crippen molar-refractivity contribution in [2.24, 2.45) is 5.73 Å². The van der Waals surface area contributed by atoms with Crippen LogP contribution >= 0.6 is 0 Å². The van der Waals surface area contributed by atoms with E-state index in [-0.39, 0.29) is 22.9 Å². The van der Waals surface area contributed by atoms with Crippen LogP contribution in [0.3, 0.4) is 0 Å². The van der Waals surface area contributed by atoms with E-state index in [1.54, 1.807) is 25.8 Å². The first-order valence-corrected chi connectivity index (χ1v) is 15.1. The Hall–Kier alpha value is -3.17. The summed E-state index contributed by atoms with van der Waals surface area (Å²) < 4.78 is 19.9. The number of carbonyl (C=O) groups is 1. The van der Waals surface area contributed by atoms with Gasteiger partial charge in [-0.25, -0.2) is 9.97 Å². The van der Waals surface area contributed by atoms with Crippen molar-refractivity contribution in [3.05, 3.63) is 60.8 Å². The molecule has 0 saturated heterocycles. The van der Waals surface area contributed by atoms with Gasteiger partial charge in [-0.15, -0.1) is 0 Å². The van der Waals surface area contributed by atoms with Crippen LogP contribution in [0.2, 0.25) is 18.1 Å². The first-order chi connectivity index (χ1) is 16.9. The molecule has 3 aromatic rings. The number of primary amides is 1. The van der Waals surface area contributed by atoms with Gasteiger partial charge in [0.05, 0.1) is 32.2 Å². The van der Waals surface area contributed by atoms with Gasteiger partial charge in [-0.05, 0) is 48.8 Å². The fourth-order valence-electron chi connectivity index (χ4n) is 3.73. The summed E-state index contributed by atoms with van der Waals surface area (Å²) in [6.45, 7) is 13.7. The van der Waals surface area contributed by atoms with Gasteiger partial charge >= 0.3 is 0 Å². The van der Waals surface area contributed by atoms with Gasteiger partial charge in [-0.3, -0.25) is 4.79 Å². The third kappa shape index (κ3) is 6.73. The number of nitrogens with zero attached hydrogens (tertiary/aromatic N) is 3. The molecule has 2 aromatic heterocycles. The Morgan fingerprint density at radius 1 is 1.14 bits per heavy atom. The van der Waals surface area contributed by atoms with Gasteiger partial charge in [0.15, 0.2) is 8.32 Å². The lowest BCUT2D eigenvalue weighted by Gasteiger charge is -2.40. The predicted octanol–water partition coefficient (Wildman–Crippen LogP) is 5.47. The van der Waals surface area contributed by atoms with Crippen LogP contribution in [0, 0.1) is 0 Å². The second-order valence-corrected chi connectivity index (χ2v) is 15.2. The van der Waals surface area contributed by atoms with E-state index in [1.807, 2.05) is 41.0 Å². The van der Waals surface area contributed by atoms with Crippen molar-refractivity contribution in [1.29, 1.82) is 0 Å². The predicted molar refractivity (Wildman–Crippen MR) is 144 cm³/mol. The average Bonchev–Trinajstić information content (AvgIpc) is 3.31. The van der Waals surface area contributed by atoms with Gasteiger partial charge in [-0.1, -0.05) is 32.9 Å². The lowest BCUT2D eigenvalue weighted by Crippen LogP contribution is -2.45. The van der Waals surface area contributed by atoms with Crippen LogP contribution in [0.15, 0.2) is 55.1 Å². The zero-order chi connectivity index (χ0) is 26.5. The Kier molecular flexibility index (Phi) is 8.57. The monoisotopic (exact) mass is 510 g/mol. The molecule has 3 rings (SSSR count). The van der Waals surface area contributed by atoms with Crippen molar-refractivity contribution < 1.29 is 18.7 Å². The third-order valence-electron chi connectivity index (χ3n) is 6.86. The molecule has 1 aromatic carbocycles. The number of ether oxygens (including phenoxy) is 2. The van der Waals surface area contributed by atoms with Gasteiger partial charge in [0.1, 0.15) is 11.4 Å². The second-order valence-electron chi connectivity index (χ2n) is 10.5. The second kappa shape index (κ2) is 11.3. The molecule has 0 aliphatic rings. The molecule has 2 heterocycles. The van der Waals surface area contributed by atoms with Crippen LogP contribution in [0.25, 0.3) is 11.1 Å². The minimum Gasteiger partial charge on any atom is -0.493 e. The average molecular weight is 511 g/mol. The molecule has 9 heteroatoms. The number of methoxy groups -OCH3 is 1. The zero-order valence-electron chi connectivity index (χ0n) is 22.3. The van der Waals surface area contributed by atoms with Crippen LogP contribution in [-0.2, 0) is 4.43 Å². The summed E-state index contributed by atoms with van der Waals surface area (Å²) in [6.07, 6.45) is 5.67. The molecule has 194 valence electrons. The Morgan fingerprint density at radius 2 is 1.89 bits per heavy atom. The van der Waals surface area contributed by atoms with Crippen molar-refractivity contribution in [3.8, 4) is 22.8 Å². The summed E-state index contributed by atoms with van der Waals surface area (Å²) in [5, 5.41) is 0.0758. The van der Waals surface area contributed by atoms with Crippen molar-refractivity contribution in [2.75, 3.05) is 13.7 Å². The molecule has 0 bridgehead atoms. The topological polar surface area (TPSA) is 101 Å². The van der Waals surface area contributed by atoms with Crippen LogP contribution in [0.5, 0.6) is 11.6 Å². The molecule has 0 radical (unpaired) electrons. The maximum Gasteiger partial charge on any atom is 0.268 e. The van der Waals surface area contributed by atoms with Crippen LogP contribution in [0.4, 0.5) is 0 Å². The van der Waals surface area contributed by atoms with E-state index in [2.05, 4.69) is 50.8 Å². The Morgan fingerprint density at radius 3 is 2.47 bits per heavy atom. The number of rotatable bonds is 11.